The summed E-state index contributed by atoms with van der Waals surface area (Å²) < 4.78 is 0. The second-order valence-corrected chi connectivity index (χ2v) is 4.71. The van der Waals surface area contributed by atoms with E-state index >= 15 is 0 Å². The van der Waals surface area contributed by atoms with Crippen molar-refractivity contribution in [1.29, 1.82) is 0 Å². The van der Waals surface area contributed by atoms with E-state index in [1.807, 2.05) is 0 Å². The molecule has 0 fully saturated rings. The monoisotopic (exact) mass is 275 g/mol. The summed E-state index contributed by atoms with van der Waals surface area (Å²) >= 11 is 1.16. The number of nitro benzene ring substituents is 1. The molecule has 6 nitrogen and oxygen atoms in total. The van der Waals surface area contributed by atoms with Crippen LogP contribution in [0.15, 0.2) is 46.7 Å². The van der Waals surface area contributed by atoms with E-state index in [0.29, 0.717) is 15.5 Å². The van der Waals surface area contributed by atoms with E-state index in [2.05, 4.69) is 9.97 Å². The number of Topliss-reactive ketones (excluding diaryl/α,β-unsaturated/α-hetero) is 1. The van der Waals surface area contributed by atoms with E-state index in [4.69, 9.17) is 0 Å². The highest BCUT2D eigenvalue weighted by Crippen LogP contribution is 2.34. The Balaban J connectivity index is 2.40. The van der Waals surface area contributed by atoms with Gasteiger partial charge in [-0.1, -0.05) is 11.8 Å². The highest BCUT2D eigenvalue weighted by atomic mass is 32.2. The third kappa shape index (κ3) is 3.14. The smallest absolute Gasteiger partial charge is 0.284 e. The molecule has 2 aromatic rings. The number of nitro groups is 1. The lowest BCUT2D eigenvalue weighted by Crippen LogP contribution is -1.97. The normalized spacial score (nSPS) is 10.2. The molecule has 0 saturated heterocycles. The van der Waals surface area contributed by atoms with Crippen LogP contribution in [0.5, 0.6) is 0 Å². The fraction of sp³-hybridized carbons (Fsp3) is 0.0833. The van der Waals surface area contributed by atoms with Crippen LogP contribution in [0.1, 0.15) is 17.3 Å². The number of ketones is 1. The Kier molecular flexibility index (Phi) is 3.86. The zero-order valence-corrected chi connectivity index (χ0v) is 10.8. The van der Waals surface area contributed by atoms with Crippen LogP contribution >= 0.6 is 11.8 Å². The molecule has 0 atom stereocenters. The van der Waals surface area contributed by atoms with Crippen molar-refractivity contribution < 1.29 is 9.72 Å². The third-order valence-electron chi connectivity index (χ3n) is 2.33. The lowest BCUT2D eigenvalue weighted by Gasteiger charge is -2.03. The minimum Gasteiger partial charge on any atom is -0.295 e. The van der Waals surface area contributed by atoms with Crippen molar-refractivity contribution in [1.82, 2.24) is 9.97 Å². The quantitative estimate of drug-likeness (QED) is 0.369. The molecule has 7 heteroatoms. The second kappa shape index (κ2) is 5.57. The van der Waals surface area contributed by atoms with Gasteiger partial charge >= 0.3 is 0 Å². The summed E-state index contributed by atoms with van der Waals surface area (Å²) in [6, 6.07) is 6.07. The van der Waals surface area contributed by atoms with Gasteiger partial charge < -0.3 is 0 Å². The summed E-state index contributed by atoms with van der Waals surface area (Å²) in [6.07, 6.45) is 2.93. The fourth-order valence-electron chi connectivity index (χ4n) is 1.42. The van der Waals surface area contributed by atoms with Gasteiger partial charge in [0.2, 0.25) is 0 Å². The van der Waals surface area contributed by atoms with Gasteiger partial charge in [-0.25, -0.2) is 9.97 Å². The van der Waals surface area contributed by atoms with Crippen molar-refractivity contribution >= 4 is 23.2 Å². The number of rotatable bonds is 4. The molecule has 0 saturated carbocycles. The molecule has 0 aliphatic carbocycles. The van der Waals surface area contributed by atoms with Gasteiger partial charge in [-0.15, -0.1) is 0 Å². The van der Waals surface area contributed by atoms with E-state index < -0.39 is 4.92 Å². The Bertz CT molecular complexity index is 631. The SMILES string of the molecule is CC(=O)c1ccc(Sc2ccncn2)c([N+](=O)[O-])c1. The maximum atomic E-state index is 11.2. The van der Waals surface area contributed by atoms with Gasteiger partial charge in [-0.05, 0) is 25.1 Å². The molecule has 0 radical (unpaired) electrons. The zero-order valence-electron chi connectivity index (χ0n) is 9.94. The maximum absolute atomic E-state index is 11.2. The molecule has 96 valence electrons. The van der Waals surface area contributed by atoms with Gasteiger partial charge in [0.15, 0.2) is 5.78 Å². The molecular formula is C12H9N3O3S. The van der Waals surface area contributed by atoms with E-state index in [-0.39, 0.29) is 11.5 Å². The molecule has 2 rings (SSSR count). The topological polar surface area (TPSA) is 86.0 Å². The van der Waals surface area contributed by atoms with Gasteiger partial charge in [-0.2, -0.15) is 0 Å². The molecule has 1 heterocycles. The van der Waals surface area contributed by atoms with Crippen LogP contribution in [0.2, 0.25) is 0 Å². The number of benzene rings is 1. The lowest BCUT2D eigenvalue weighted by molar-refractivity contribution is -0.387. The summed E-state index contributed by atoms with van der Waals surface area (Å²) in [5.74, 6) is -0.207. The van der Waals surface area contributed by atoms with Crippen LogP contribution in [0.4, 0.5) is 5.69 Å². The average Bonchev–Trinajstić information content (AvgIpc) is 2.39. The number of hydrogen-bond donors (Lipinski definition) is 0. The van der Waals surface area contributed by atoms with Crippen LogP contribution < -0.4 is 0 Å². The minimum atomic E-state index is -0.504. The van der Waals surface area contributed by atoms with Crippen molar-refractivity contribution in [3.63, 3.8) is 0 Å². The van der Waals surface area contributed by atoms with E-state index in [1.165, 1.54) is 19.3 Å². The zero-order chi connectivity index (χ0) is 13.8. The summed E-state index contributed by atoms with van der Waals surface area (Å²) in [7, 11) is 0. The first-order chi connectivity index (χ1) is 9.08. The molecule has 19 heavy (non-hydrogen) atoms. The van der Waals surface area contributed by atoms with Crippen molar-refractivity contribution in [2.75, 3.05) is 0 Å². The lowest BCUT2D eigenvalue weighted by atomic mass is 10.1. The summed E-state index contributed by atoms with van der Waals surface area (Å²) in [5, 5.41) is 11.6. The van der Waals surface area contributed by atoms with Gasteiger partial charge in [0.25, 0.3) is 5.69 Å². The largest absolute Gasteiger partial charge is 0.295 e. The van der Waals surface area contributed by atoms with Crippen molar-refractivity contribution in [3.8, 4) is 0 Å². The third-order valence-corrected chi connectivity index (χ3v) is 3.35. The average molecular weight is 275 g/mol. The van der Waals surface area contributed by atoms with Gasteiger partial charge in [-0.3, -0.25) is 14.9 Å². The van der Waals surface area contributed by atoms with Crippen LogP contribution in [0, 0.1) is 10.1 Å². The van der Waals surface area contributed by atoms with Crippen molar-refractivity contribution in [2.24, 2.45) is 0 Å². The number of carbonyl (C=O) groups excluding carboxylic acids is 1. The molecule has 0 N–H and O–H groups in total. The molecule has 0 aliphatic rings. The molecule has 0 spiro atoms. The summed E-state index contributed by atoms with van der Waals surface area (Å²) in [5.41, 5.74) is 0.218. The first kappa shape index (κ1) is 13.2. The fourth-order valence-corrected chi connectivity index (χ4v) is 2.25. The van der Waals surface area contributed by atoms with Crippen molar-refractivity contribution in [3.05, 3.63) is 52.5 Å². The van der Waals surface area contributed by atoms with Crippen LogP contribution in [-0.2, 0) is 0 Å². The molecular weight excluding hydrogens is 266 g/mol. The number of aromatic nitrogens is 2. The standard InChI is InChI=1S/C12H9N3O3S/c1-8(16)9-2-3-11(10(6-9)15(17)18)19-12-4-5-13-7-14-12/h2-7H,1H3. The molecule has 1 aromatic carbocycles. The second-order valence-electron chi connectivity index (χ2n) is 3.65. The molecule has 0 unspecified atom stereocenters. The predicted molar refractivity (Wildman–Crippen MR) is 69.3 cm³/mol. The summed E-state index contributed by atoms with van der Waals surface area (Å²) in [6.45, 7) is 1.37. The van der Waals surface area contributed by atoms with Gasteiger partial charge in [0.1, 0.15) is 11.4 Å². The number of nitrogens with zero attached hydrogens (tertiary/aromatic N) is 3. The highest BCUT2D eigenvalue weighted by Gasteiger charge is 2.17. The summed E-state index contributed by atoms with van der Waals surface area (Å²) in [4.78, 5) is 30.0. The number of hydrogen-bond acceptors (Lipinski definition) is 6. The first-order valence-electron chi connectivity index (χ1n) is 5.31. The Morgan fingerprint density at radius 3 is 2.74 bits per heavy atom. The molecule has 1 aromatic heterocycles. The number of carbonyl (C=O) groups is 1. The van der Waals surface area contributed by atoms with E-state index in [0.717, 1.165) is 11.8 Å². The molecule has 0 bridgehead atoms. The van der Waals surface area contributed by atoms with Crippen LogP contribution in [0.25, 0.3) is 0 Å². The van der Waals surface area contributed by atoms with Crippen LogP contribution in [0.3, 0.4) is 0 Å². The highest BCUT2D eigenvalue weighted by molar-refractivity contribution is 7.99. The van der Waals surface area contributed by atoms with Crippen molar-refractivity contribution in [2.45, 2.75) is 16.8 Å². The van der Waals surface area contributed by atoms with E-state index in [9.17, 15) is 14.9 Å². The Labute approximate surface area is 113 Å². The maximum Gasteiger partial charge on any atom is 0.284 e. The van der Waals surface area contributed by atoms with E-state index in [1.54, 1.807) is 24.4 Å². The molecule has 0 aliphatic heterocycles. The first-order valence-corrected chi connectivity index (χ1v) is 6.13. The van der Waals surface area contributed by atoms with Gasteiger partial charge in [0, 0.05) is 17.8 Å². The Morgan fingerprint density at radius 1 is 1.37 bits per heavy atom. The predicted octanol–water partition coefficient (Wildman–Crippen LogP) is 2.74. The molecule has 0 amide bonds. The van der Waals surface area contributed by atoms with Crippen LogP contribution in [-0.4, -0.2) is 20.7 Å². The Morgan fingerprint density at radius 2 is 2.16 bits per heavy atom. The Hall–Kier alpha value is -2.28. The minimum absolute atomic E-state index is 0.101. The van der Waals surface area contributed by atoms with Gasteiger partial charge in [0.05, 0.1) is 9.82 Å².